The summed E-state index contributed by atoms with van der Waals surface area (Å²) >= 11 is 0. The Morgan fingerprint density at radius 2 is 2.05 bits per heavy atom. The van der Waals surface area contributed by atoms with Crippen LogP contribution in [0.25, 0.3) is 0 Å². The summed E-state index contributed by atoms with van der Waals surface area (Å²) in [5.41, 5.74) is 0.0233. The molecule has 6 nitrogen and oxygen atoms in total. The molecule has 0 unspecified atom stereocenters. The second kappa shape index (κ2) is 5.69. The maximum atomic E-state index is 12.0. The van der Waals surface area contributed by atoms with Gasteiger partial charge in [-0.15, -0.1) is 0 Å². The molecule has 2 amide bonds. The number of anilines is 1. The van der Waals surface area contributed by atoms with E-state index in [4.69, 9.17) is 5.11 Å². The van der Waals surface area contributed by atoms with Crippen molar-refractivity contribution in [3.05, 3.63) is 24.5 Å². The number of nitrogens with zero attached hydrogens (tertiary/aromatic N) is 2. The van der Waals surface area contributed by atoms with Crippen molar-refractivity contribution in [1.29, 1.82) is 0 Å². The minimum absolute atomic E-state index is 0.477. The van der Waals surface area contributed by atoms with Crippen LogP contribution in [-0.2, 0) is 4.79 Å². The van der Waals surface area contributed by atoms with Crippen molar-refractivity contribution in [2.45, 2.75) is 26.8 Å². The van der Waals surface area contributed by atoms with Gasteiger partial charge >= 0.3 is 12.0 Å². The lowest BCUT2D eigenvalue weighted by Gasteiger charge is -2.29. The molecule has 19 heavy (non-hydrogen) atoms. The molecule has 0 bridgehead atoms. The minimum Gasteiger partial charge on any atom is -0.480 e. The number of nitrogens with one attached hydrogen (secondary N) is 1. The van der Waals surface area contributed by atoms with E-state index < -0.39 is 23.5 Å². The number of aromatic nitrogens is 1. The molecular weight excluding hydrogens is 246 g/mol. The number of urea groups is 1. The fraction of sp³-hybridized carbons (Fsp3) is 0.462. The minimum atomic E-state index is -1.06. The molecule has 0 spiro atoms. The first kappa shape index (κ1) is 14.9. The number of carbonyl (C=O) groups excluding carboxylic acids is 1. The van der Waals surface area contributed by atoms with Crippen LogP contribution >= 0.6 is 0 Å². The molecule has 0 aliphatic rings. The molecule has 1 rings (SSSR count). The monoisotopic (exact) mass is 265 g/mol. The average molecular weight is 265 g/mol. The third-order valence-electron chi connectivity index (χ3n) is 2.72. The van der Waals surface area contributed by atoms with E-state index in [0.717, 1.165) is 0 Å². The van der Waals surface area contributed by atoms with Crippen LogP contribution in [0.1, 0.15) is 20.8 Å². The van der Waals surface area contributed by atoms with E-state index in [1.54, 1.807) is 46.1 Å². The predicted octanol–water partition coefficient (Wildman–Crippen LogP) is 1.73. The Balaban J connectivity index is 2.81. The Morgan fingerprint density at radius 3 is 2.47 bits per heavy atom. The van der Waals surface area contributed by atoms with Crippen LogP contribution in [0.5, 0.6) is 0 Å². The lowest BCUT2D eigenvalue weighted by molar-refractivity contribution is -0.141. The molecule has 0 saturated heterocycles. The topological polar surface area (TPSA) is 82.5 Å². The van der Waals surface area contributed by atoms with Crippen LogP contribution in [0.3, 0.4) is 0 Å². The third-order valence-corrected chi connectivity index (χ3v) is 2.72. The number of pyridine rings is 1. The number of hydrogen-bond donors (Lipinski definition) is 2. The maximum absolute atomic E-state index is 12.0. The molecule has 0 fully saturated rings. The maximum Gasteiger partial charge on any atom is 0.326 e. The smallest absolute Gasteiger partial charge is 0.326 e. The first-order valence-corrected chi connectivity index (χ1v) is 5.90. The summed E-state index contributed by atoms with van der Waals surface area (Å²) < 4.78 is 0. The Hall–Kier alpha value is -2.11. The average Bonchev–Trinajstić information content (AvgIpc) is 2.34. The van der Waals surface area contributed by atoms with Gasteiger partial charge in [-0.1, -0.05) is 20.8 Å². The molecule has 1 atom stereocenters. The fourth-order valence-corrected chi connectivity index (χ4v) is 1.54. The largest absolute Gasteiger partial charge is 0.480 e. The van der Waals surface area contributed by atoms with E-state index in [2.05, 4.69) is 10.3 Å². The van der Waals surface area contributed by atoms with E-state index in [1.807, 2.05) is 0 Å². The van der Waals surface area contributed by atoms with Gasteiger partial charge in [0.15, 0.2) is 0 Å². The number of aliphatic carboxylic acids is 1. The van der Waals surface area contributed by atoms with Gasteiger partial charge in [0.1, 0.15) is 6.04 Å². The first-order chi connectivity index (χ1) is 8.73. The number of carboxylic acid groups (broad SMARTS) is 1. The quantitative estimate of drug-likeness (QED) is 0.871. The molecule has 2 N–H and O–H groups in total. The molecule has 0 radical (unpaired) electrons. The SMILES string of the molecule is CN(C(=O)N[C@@H](C(=O)O)C(C)(C)C)c1cccnc1. The van der Waals surface area contributed by atoms with Gasteiger partial charge in [0.25, 0.3) is 0 Å². The van der Waals surface area contributed by atoms with E-state index in [1.165, 1.54) is 11.1 Å². The summed E-state index contributed by atoms with van der Waals surface area (Å²) in [6.07, 6.45) is 3.14. The molecule has 0 aromatic carbocycles. The summed E-state index contributed by atoms with van der Waals surface area (Å²) in [5.74, 6) is -1.06. The highest BCUT2D eigenvalue weighted by Crippen LogP contribution is 2.20. The summed E-state index contributed by atoms with van der Waals surface area (Å²) in [4.78, 5) is 28.5. The van der Waals surface area contributed by atoms with Gasteiger partial charge in [-0.25, -0.2) is 9.59 Å². The molecule has 1 aromatic rings. The third kappa shape index (κ3) is 3.94. The van der Waals surface area contributed by atoms with Crippen molar-refractivity contribution in [2.75, 3.05) is 11.9 Å². The molecule has 104 valence electrons. The van der Waals surface area contributed by atoms with Crippen molar-refractivity contribution in [2.24, 2.45) is 5.41 Å². The summed E-state index contributed by atoms with van der Waals surface area (Å²) in [5, 5.41) is 11.7. The van der Waals surface area contributed by atoms with Gasteiger partial charge in [-0.2, -0.15) is 0 Å². The van der Waals surface area contributed by atoms with Crippen molar-refractivity contribution in [3.8, 4) is 0 Å². The van der Waals surface area contributed by atoms with Crippen LogP contribution in [0.2, 0.25) is 0 Å². The summed E-state index contributed by atoms with van der Waals surface area (Å²) in [7, 11) is 1.56. The zero-order valence-electron chi connectivity index (χ0n) is 11.5. The highest BCUT2D eigenvalue weighted by atomic mass is 16.4. The van der Waals surface area contributed by atoms with E-state index >= 15 is 0 Å². The second-order valence-corrected chi connectivity index (χ2v) is 5.36. The molecule has 0 aliphatic carbocycles. The lowest BCUT2D eigenvalue weighted by Crippen LogP contribution is -2.52. The molecule has 0 saturated carbocycles. The molecule has 6 heteroatoms. The Kier molecular flexibility index (Phi) is 4.47. The van der Waals surface area contributed by atoms with Crippen molar-refractivity contribution >= 4 is 17.7 Å². The highest BCUT2D eigenvalue weighted by molar-refractivity contribution is 5.94. The Morgan fingerprint density at radius 1 is 1.42 bits per heavy atom. The van der Waals surface area contributed by atoms with Crippen LogP contribution in [0, 0.1) is 5.41 Å². The number of carbonyl (C=O) groups is 2. The number of rotatable bonds is 3. The summed E-state index contributed by atoms with van der Waals surface area (Å²) in [6, 6.07) is 1.99. The van der Waals surface area contributed by atoms with E-state index in [0.29, 0.717) is 5.69 Å². The second-order valence-electron chi connectivity index (χ2n) is 5.36. The highest BCUT2D eigenvalue weighted by Gasteiger charge is 2.33. The predicted molar refractivity (Wildman–Crippen MR) is 72.1 cm³/mol. The number of hydrogen-bond acceptors (Lipinski definition) is 3. The zero-order valence-corrected chi connectivity index (χ0v) is 11.5. The lowest BCUT2D eigenvalue weighted by atomic mass is 9.87. The zero-order chi connectivity index (χ0) is 14.6. The molecule has 1 aromatic heterocycles. The summed E-state index contributed by atoms with van der Waals surface area (Å²) in [6.45, 7) is 5.28. The van der Waals surface area contributed by atoms with E-state index in [-0.39, 0.29) is 0 Å². The van der Waals surface area contributed by atoms with Crippen molar-refractivity contribution in [1.82, 2.24) is 10.3 Å². The van der Waals surface area contributed by atoms with Crippen molar-refractivity contribution < 1.29 is 14.7 Å². The fourth-order valence-electron chi connectivity index (χ4n) is 1.54. The first-order valence-electron chi connectivity index (χ1n) is 5.90. The van der Waals surface area contributed by atoms with Gasteiger partial charge in [-0.3, -0.25) is 9.88 Å². The van der Waals surface area contributed by atoms with Crippen LogP contribution in [0.15, 0.2) is 24.5 Å². The van der Waals surface area contributed by atoms with Gasteiger partial charge in [0, 0.05) is 13.2 Å². The van der Waals surface area contributed by atoms with Crippen LogP contribution < -0.4 is 10.2 Å². The van der Waals surface area contributed by atoms with Crippen molar-refractivity contribution in [3.63, 3.8) is 0 Å². The van der Waals surface area contributed by atoms with Gasteiger partial charge in [0.2, 0.25) is 0 Å². The van der Waals surface area contributed by atoms with Gasteiger partial charge in [-0.05, 0) is 17.5 Å². The van der Waals surface area contributed by atoms with Crippen LogP contribution in [0.4, 0.5) is 10.5 Å². The number of carboxylic acids is 1. The Labute approximate surface area is 112 Å². The van der Waals surface area contributed by atoms with Gasteiger partial charge in [0.05, 0.1) is 11.9 Å². The van der Waals surface area contributed by atoms with Crippen LogP contribution in [-0.4, -0.2) is 35.2 Å². The van der Waals surface area contributed by atoms with E-state index in [9.17, 15) is 9.59 Å². The molecule has 1 heterocycles. The molecular formula is C13H19N3O3. The van der Waals surface area contributed by atoms with Gasteiger partial charge < -0.3 is 10.4 Å². The standard InChI is InChI=1S/C13H19N3O3/c1-13(2,3)10(11(17)18)15-12(19)16(4)9-6-5-7-14-8-9/h5-8,10H,1-4H3,(H,15,19)(H,17,18)/t10-/m0/s1. The normalized spacial score (nSPS) is 12.6. The Bertz CT molecular complexity index is 454. The number of amides is 2. The molecule has 0 aliphatic heterocycles.